The molecule has 2 aliphatic heterocycles. The first kappa shape index (κ1) is 16.8. The third-order valence-corrected chi connectivity index (χ3v) is 6.34. The summed E-state index contributed by atoms with van der Waals surface area (Å²) < 4.78 is 25.2. The van der Waals surface area contributed by atoms with Crippen molar-refractivity contribution in [1.82, 2.24) is 0 Å². The molecule has 22 heavy (non-hydrogen) atoms. The van der Waals surface area contributed by atoms with Crippen molar-refractivity contribution in [2.24, 2.45) is 5.92 Å². The van der Waals surface area contributed by atoms with Gasteiger partial charge >= 0.3 is 14.2 Å². The standard InChI is InChI=1S/C16H30B2O4/c1-13(2)14(3,4)20-17(19-13)12(11-9-10-11)18-21-15(5,6)16(7,8)22-18/h11-12H,9-10H2,1-8H3. The molecule has 0 amide bonds. The highest BCUT2D eigenvalue weighted by Gasteiger charge is 2.64. The molecule has 3 fully saturated rings. The highest BCUT2D eigenvalue weighted by Crippen LogP contribution is 2.52. The van der Waals surface area contributed by atoms with Crippen molar-refractivity contribution >= 4 is 14.2 Å². The summed E-state index contributed by atoms with van der Waals surface area (Å²) in [6, 6.07) is 0. The molecule has 0 aromatic carbocycles. The first-order valence-electron chi connectivity index (χ1n) is 8.58. The molecule has 0 unspecified atom stereocenters. The molecule has 0 aromatic heterocycles. The molecule has 3 aliphatic rings. The average molecular weight is 308 g/mol. The Balaban J connectivity index is 1.82. The summed E-state index contributed by atoms with van der Waals surface area (Å²) >= 11 is 0. The van der Waals surface area contributed by atoms with Crippen molar-refractivity contribution in [3.05, 3.63) is 0 Å². The van der Waals surface area contributed by atoms with E-state index in [1.807, 2.05) is 0 Å². The van der Waals surface area contributed by atoms with Gasteiger partial charge in [-0.2, -0.15) is 0 Å². The molecule has 1 saturated carbocycles. The fraction of sp³-hybridized carbons (Fsp3) is 1.00. The van der Waals surface area contributed by atoms with Gasteiger partial charge in [0.15, 0.2) is 0 Å². The van der Waals surface area contributed by atoms with Gasteiger partial charge in [-0.25, -0.2) is 0 Å². The van der Waals surface area contributed by atoms with E-state index in [9.17, 15) is 0 Å². The highest BCUT2D eigenvalue weighted by atomic mass is 16.7. The monoisotopic (exact) mass is 308 g/mol. The van der Waals surface area contributed by atoms with E-state index in [1.54, 1.807) is 0 Å². The number of rotatable bonds is 3. The van der Waals surface area contributed by atoms with Crippen molar-refractivity contribution in [1.29, 1.82) is 0 Å². The third-order valence-electron chi connectivity index (χ3n) is 6.34. The summed E-state index contributed by atoms with van der Waals surface area (Å²) in [5, 5.41) is 0. The van der Waals surface area contributed by atoms with Gasteiger partial charge in [0.1, 0.15) is 0 Å². The minimum absolute atomic E-state index is 0.141. The van der Waals surface area contributed by atoms with Gasteiger partial charge in [-0.3, -0.25) is 0 Å². The Morgan fingerprint density at radius 1 is 0.636 bits per heavy atom. The van der Waals surface area contributed by atoms with Gasteiger partial charge < -0.3 is 18.6 Å². The van der Waals surface area contributed by atoms with E-state index in [0.717, 1.165) is 0 Å². The van der Waals surface area contributed by atoms with Crippen LogP contribution in [-0.2, 0) is 18.6 Å². The van der Waals surface area contributed by atoms with Crippen LogP contribution in [0.4, 0.5) is 0 Å². The minimum Gasteiger partial charge on any atom is -0.403 e. The number of hydrogen-bond donors (Lipinski definition) is 0. The predicted octanol–water partition coefficient (Wildman–Crippen LogP) is 3.49. The summed E-state index contributed by atoms with van der Waals surface area (Å²) in [6.45, 7) is 16.8. The Bertz CT molecular complexity index is 389. The summed E-state index contributed by atoms with van der Waals surface area (Å²) in [5.41, 5.74) is -1.10. The highest BCUT2D eigenvalue weighted by molar-refractivity contribution is 6.68. The van der Waals surface area contributed by atoms with E-state index < -0.39 is 0 Å². The molecule has 0 radical (unpaired) electrons. The Labute approximate surface area is 135 Å². The third kappa shape index (κ3) is 2.56. The number of hydrogen-bond acceptors (Lipinski definition) is 4. The van der Waals surface area contributed by atoms with Crippen LogP contribution in [0, 0.1) is 5.92 Å². The van der Waals surface area contributed by atoms with Gasteiger partial charge in [0.2, 0.25) is 0 Å². The zero-order valence-electron chi connectivity index (χ0n) is 15.4. The van der Waals surface area contributed by atoms with Crippen molar-refractivity contribution in [2.75, 3.05) is 0 Å². The molecule has 0 aromatic rings. The lowest BCUT2D eigenvalue weighted by Crippen LogP contribution is -2.41. The maximum absolute atomic E-state index is 6.29. The molecular formula is C16H30B2O4. The van der Waals surface area contributed by atoms with Crippen LogP contribution in [0.1, 0.15) is 68.2 Å². The van der Waals surface area contributed by atoms with Crippen molar-refractivity contribution in [3.8, 4) is 0 Å². The normalized spacial score (nSPS) is 32.0. The predicted molar refractivity (Wildman–Crippen MR) is 88.6 cm³/mol. The second-order valence-electron chi connectivity index (χ2n) is 9.16. The fourth-order valence-electron chi connectivity index (χ4n) is 3.15. The first-order chi connectivity index (χ1) is 9.86. The van der Waals surface area contributed by atoms with E-state index in [-0.39, 0.29) is 42.4 Å². The molecule has 0 bridgehead atoms. The topological polar surface area (TPSA) is 36.9 Å². The molecule has 2 heterocycles. The van der Waals surface area contributed by atoms with Crippen LogP contribution in [-0.4, -0.2) is 36.6 Å². The molecule has 6 heteroatoms. The molecule has 3 rings (SSSR count). The van der Waals surface area contributed by atoms with Gasteiger partial charge in [0.25, 0.3) is 0 Å². The van der Waals surface area contributed by atoms with Crippen LogP contribution in [0.3, 0.4) is 0 Å². The molecule has 1 aliphatic carbocycles. The van der Waals surface area contributed by atoms with E-state index in [0.29, 0.717) is 5.92 Å². The lowest BCUT2D eigenvalue weighted by atomic mass is 9.49. The lowest BCUT2D eigenvalue weighted by Gasteiger charge is -2.32. The second kappa shape index (κ2) is 4.75. The van der Waals surface area contributed by atoms with Gasteiger partial charge in [-0.05, 0) is 61.3 Å². The van der Waals surface area contributed by atoms with E-state index >= 15 is 0 Å². The van der Waals surface area contributed by atoms with Crippen molar-refractivity contribution < 1.29 is 18.6 Å². The van der Waals surface area contributed by atoms with Crippen LogP contribution in [0.25, 0.3) is 0 Å². The van der Waals surface area contributed by atoms with Crippen LogP contribution in [0.5, 0.6) is 0 Å². The average Bonchev–Trinajstić information content (AvgIpc) is 3.02. The summed E-state index contributed by atoms with van der Waals surface area (Å²) in [5.74, 6) is 0.574. The van der Waals surface area contributed by atoms with Crippen LogP contribution < -0.4 is 0 Å². The zero-order chi connectivity index (χ0) is 16.6. The Morgan fingerprint density at radius 3 is 1.14 bits per heavy atom. The maximum atomic E-state index is 6.29. The zero-order valence-corrected chi connectivity index (χ0v) is 15.4. The molecule has 2 saturated heterocycles. The first-order valence-corrected chi connectivity index (χ1v) is 8.58. The Hall–Kier alpha value is -0.0301. The second-order valence-corrected chi connectivity index (χ2v) is 9.16. The fourth-order valence-corrected chi connectivity index (χ4v) is 3.15. The molecule has 0 N–H and O–H groups in total. The molecule has 0 atom stereocenters. The van der Waals surface area contributed by atoms with Crippen LogP contribution >= 0.6 is 0 Å². The maximum Gasteiger partial charge on any atom is 0.459 e. The molecular weight excluding hydrogens is 278 g/mol. The quantitative estimate of drug-likeness (QED) is 0.748. The van der Waals surface area contributed by atoms with Crippen molar-refractivity contribution in [2.45, 2.75) is 96.4 Å². The summed E-state index contributed by atoms with van der Waals surface area (Å²) in [6.07, 6.45) is 2.41. The van der Waals surface area contributed by atoms with Gasteiger partial charge in [-0.1, -0.05) is 12.8 Å². The summed E-state index contributed by atoms with van der Waals surface area (Å²) in [7, 11) is -0.514. The van der Waals surface area contributed by atoms with Crippen molar-refractivity contribution in [3.63, 3.8) is 0 Å². The van der Waals surface area contributed by atoms with E-state index in [2.05, 4.69) is 55.4 Å². The Kier molecular flexibility index (Phi) is 3.63. The Morgan fingerprint density at radius 2 is 0.909 bits per heavy atom. The van der Waals surface area contributed by atoms with Gasteiger partial charge in [0, 0.05) is 5.72 Å². The van der Waals surface area contributed by atoms with Gasteiger partial charge in [0.05, 0.1) is 22.4 Å². The molecule has 4 nitrogen and oxygen atoms in total. The smallest absolute Gasteiger partial charge is 0.403 e. The molecule has 0 spiro atoms. The molecule has 124 valence electrons. The minimum atomic E-state index is -0.311. The van der Waals surface area contributed by atoms with E-state index in [1.165, 1.54) is 12.8 Å². The van der Waals surface area contributed by atoms with E-state index in [4.69, 9.17) is 18.6 Å². The SMILES string of the molecule is CC1(C)OB(C(B2OC(C)(C)C(C)(C)O2)C2CC2)OC1(C)C. The lowest BCUT2D eigenvalue weighted by molar-refractivity contribution is 0.00578. The summed E-state index contributed by atoms with van der Waals surface area (Å²) in [4.78, 5) is 0. The van der Waals surface area contributed by atoms with Crippen LogP contribution in [0.15, 0.2) is 0 Å². The van der Waals surface area contributed by atoms with Crippen LogP contribution in [0.2, 0.25) is 5.72 Å². The largest absolute Gasteiger partial charge is 0.459 e. The van der Waals surface area contributed by atoms with Gasteiger partial charge in [-0.15, -0.1) is 0 Å².